The molecule has 1 atom stereocenters. The number of aryl methyl sites for hydroxylation is 1. The normalized spacial score (nSPS) is 24.6. The van der Waals surface area contributed by atoms with Gasteiger partial charge in [0.1, 0.15) is 0 Å². The molecule has 0 bridgehead atoms. The van der Waals surface area contributed by atoms with Gasteiger partial charge in [-0.1, -0.05) is 45.5 Å². The topological polar surface area (TPSA) is 50.4 Å². The molecule has 1 heterocycles. The smallest absolute Gasteiger partial charge is 0.173 e. The highest BCUT2D eigenvalue weighted by Crippen LogP contribution is 2.51. The first-order valence-electron chi connectivity index (χ1n) is 5.54. The maximum atomic E-state index is 6.20. The minimum Gasteiger partial charge on any atom is -0.376 e. The lowest BCUT2D eigenvalue weighted by Gasteiger charge is -2.33. The molecule has 0 spiro atoms. The Balaban J connectivity index is 2.10. The maximum absolute atomic E-state index is 6.20. The summed E-state index contributed by atoms with van der Waals surface area (Å²) in [5.74, 6) is 0.796. The van der Waals surface area contributed by atoms with Crippen molar-refractivity contribution in [1.82, 2.24) is 4.72 Å². The first-order valence-corrected chi connectivity index (χ1v) is 8.57. The van der Waals surface area contributed by atoms with Crippen molar-refractivity contribution in [3.05, 3.63) is 46.5 Å². The zero-order chi connectivity index (χ0) is 13.9. The Kier molecular flexibility index (Phi) is 4.73. The minimum absolute atomic E-state index is 0.242. The predicted octanol–water partition coefficient (Wildman–Crippen LogP) is 3.51. The fourth-order valence-electron chi connectivity index (χ4n) is 1.73. The monoisotopic (exact) mass is 333 g/mol. The van der Waals surface area contributed by atoms with Gasteiger partial charge in [-0.25, -0.2) is 4.99 Å². The van der Waals surface area contributed by atoms with Crippen molar-refractivity contribution in [3.8, 4) is 0 Å². The summed E-state index contributed by atoms with van der Waals surface area (Å²) >= 11 is 17.0. The third-order valence-corrected chi connectivity index (χ3v) is 6.81. The molecule has 0 radical (unpaired) electrons. The molecule has 0 aliphatic carbocycles. The Morgan fingerprint density at radius 3 is 2.53 bits per heavy atom. The number of thiocarbonyl (C=S) groups is 1. The zero-order valence-corrected chi connectivity index (χ0v) is 13.1. The standard InChI is InChI=1S/C12H13Cl2N3S2/c13-10-3-1-9(2-4-10)5-7-19(17-12(15)18)8-6-16-11(19)14/h1-4,6,8H,5,7H2,(H3,15,17,18). The third kappa shape index (κ3) is 3.63. The second kappa shape index (κ2) is 6.13. The lowest BCUT2D eigenvalue weighted by atomic mass is 10.2. The van der Waals surface area contributed by atoms with Crippen LogP contribution in [0.2, 0.25) is 5.02 Å². The van der Waals surface area contributed by atoms with Crippen LogP contribution in [0, 0.1) is 0 Å². The molecular weight excluding hydrogens is 321 g/mol. The molecule has 7 heteroatoms. The number of nitrogens with zero attached hydrogens (tertiary/aromatic N) is 1. The van der Waals surface area contributed by atoms with Crippen molar-refractivity contribution in [3.63, 3.8) is 0 Å². The van der Waals surface area contributed by atoms with Gasteiger partial charge in [0.15, 0.2) is 9.62 Å². The van der Waals surface area contributed by atoms with E-state index in [0.29, 0.717) is 4.50 Å². The van der Waals surface area contributed by atoms with Crippen molar-refractivity contribution in [2.75, 3.05) is 5.75 Å². The summed E-state index contributed by atoms with van der Waals surface area (Å²) in [5, 5.41) is 2.93. The molecule has 0 amide bonds. The lowest BCUT2D eigenvalue weighted by Crippen LogP contribution is -2.35. The van der Waals surface area contributed by atoms with Gasteiger partial charge in [-0.05, 0) is 41.7 Å². The van der Waals surface area contributed by atoms with Gasteiger partial charge in [0.05, 0.1) is 0 Å². The molecule has 1 aliphatic rings. The summed E-state index contributed by atoms with van der Waals surface area (Å²) in [4.78, 5) is 4.11. The van der Waals surface area contributed by atoms with Crippen molar-refractivity contribution in [2.45, 2.75) is 6.42 Å². The van der Waals surface area contributed by atoms with Gasteiger partial charge in [-0.15, -0.1) is 0 Å². The van der Waals surface area contributed by atoms with Gasteiger partial charge < -0.3 is 10.5 Å². The fraction of sp³-hybridized carbons (Fsp3) is 0.167. The van der Waals surface area contributed by atoms with Gasteiger partial charge in [-0.2, -0.15) is 0 Å². The van der Waals surface area contributed by atoms with Gasteiger partial charge in [0.2, 0.25) is 0 Å². The van der Waals surface area contributed by atoms with Gasteiger partial charge >= 0.3 is 0 Å². The molecule has 3 nitrogen and oxygen atoms in total. The van der Waals surface area contributed by atoms with Crippen LogP contribution >= 0.6 is 45.6 Å². The Morgan fingerprint density at radius 2 is 2.00 bits per heavy atom. The molecular formula is C12H13Cl2N3S2. The van der Waals surface area contributed by atoms with E-state index in [1.165, 1.54) is 5.56 Å². The third-order valence-electron chi connectivity index (χ3n) is 2.68. The SMILES string of the molecule is NC(=S)NS1(CCc2ccc(Cl)cc2)C=CN=C1Cl. The van der Waals surface area contributed by atoms with Crippen LogP contribution in [0.3, 0.4) is 0 Å². The molecule has 0 saturated heterocycles. The van der Waals surface area contributed by atoms with Gasteiger partial charge in [0, 0.05) is 17.0 Å². The second-order valence-electron chi connectivity index (χ2n) is 4.01. The maximum Gasteiger partial charge on any atom is 0.173 e. The highest BCUT2D eigenvalue weighted by Gasteiger charge is 2.29. The molecule has 1 unspecified atom stereocenters. The summed E-state index contributed by atoms with van der Waals surface area (Å²) < 4.78 is 3.64. The Morgan fingerprint density at radius 1 is 1.32 bits per heavy atom. The summed E-state index contributed by atoms with van der Waals surface area (Å²) in [7, 11) is -1.56. The van der Waals surface area contributed by atoms with Crippen LogP contribution in [0.15, 0.2) is 40.9 Å². The molecule has 3 N–H and O–H groups in total. The Hall–Kier alpha value is -0.750. The van der Waals surface area contributed by atoms with Gasteiger partial charge in [0.25, 0.3) is 0 Å². The number of aliphatic imine (C=N–C) groups is 1. The van der Waals surface area contributed by atoms with Crippen LogP contribution in [0.1, 0.15) is 5.56 Å². The van der Waals surface area contributed by atoms with E-state index in [-0.39, 0.29) is 5.11 Å². The highest BCUT2D eigenvalue weighted by atomic mass is 35.5. The average Bonchev–Trinajstić information content (AvgIpc) is 2.70. The van der Waals surface area contributed by atoms with Crippen molar-refractivity contribution in [1.29, 1.82) is 0 Å². The summed E-state index contributed by atoms with van der Waals surface area (Å²) in [6.45, 7) is 0. The van der Waals surface area contributed by atoms with Crippen LogP contribution in [0.5, 0.6) is 0 Å². The molecule has 1 aromatic carbocycles. The summed E-state index contributed by atoms with van der Waals surface area (Å²) in [6.07, 6.45) is 2.54. The van der Waals surface area contributed by atoms with E-state index in [1.807, 2.05) is 29.7 Å². The number of rotatable bonds is 4. The van der Waals surface area contributed by atoms with Crippen molar-refractivity contribution >= 4 is 55.2 Å². The predicted molar refractivity (Wildman–Crippen MR) is 90.0 cm³/mol. The first kappa shape index (κ1) is 14.7. The number of halogens is 2. The van der Waals surface area contributed by atoms with E-state index in [2.05, 4.69) is 9.71 Å². The quantitative estimate of drug-likeness (QED) is 0.829. The van der Waals surface area contributed by atoms with Crippen LogP contribution in [0.4, 0.5) is 0 Å². The van der Waals surface area contributed by atoms with Crippen molar-refractivity contribution < 1.29 is 0 Å². The second-order valence-corrected chi connectivity index (χ2v) is 8.32. The minimum atomic E-state index is -1.56. The molecule has 1 aliphatic heterocycles. The van der Waals surface area contributed by atoms with E-state index in [9.17, 15) is 0 Å². The van der Waals surface area contributed by atoms with Gasteiger partial charge in [-0.3, -0.25) is 0 Å². The van der Waals surface area contributed by atoms with Crippen LogP contribution < -0.4 is 10.5 Å². The molecule has 0 aromatic heterocycles. The number of nitrogens with one attached hydrogen (secondary N) is 1. The number of benzene rings is 1. The highest BCUT2D eigenvalue weighted by molar-refractivity contribution is 8.48. The first-order chi connectivity index (χ1) is 9.02. The molecule has 0 fully saturated rings. The van der Waals surface area contributed by atoms with E-state index in [4.69, 9.17) is 41.2 Å². The number of hydrogen-bond acceptors (Lipinski definition) is 2. The Bertz CT molecular complexity index is 542. The van der Waals surface area contributed by atoms with Crippen LogP contribution in [0.25, 0.3) is 0 Å². The van der Waals surface area contributed by atoms with E-state index in [0.717, 1.165) is 17.2 Å². The lowest BCUT2D eigenvalue weighted by molar-refractivity contribution is 1.14. The summed E-state index contributed by atoms with van der Waals surface area (Å²) in [6, 6.07) is 7.75. The van der Waals surface area contributed by atoms with Crippen LogP contribution in [-0.4, -0.2) is 15.4 Å². The molecule has 19 heavy (non-hydrogen) atoms. The van der Waals surface area contributed by atoms with E-state index < -0.39 is 10.2 Å². The largest absolute Gasteiger partial charge is 0.376 e. The van der Waals surface area contributed by atoms with Crippen molar-refractivity contribution in [2.24, 2.45) is 10.7 Å². The number of nitrogens with two attached hydrogens (primary N) is 1. The van der Waals surface area contributed by atoms with Crippen LogP contribution in [-0.2, 0) is 6.42 Å². The number of hydrogen-bond donors (Lipinski definition) is 2. The van der Waals surface area contributed by atoms with E-state index >= 15 is 0 Å². The molecule has 1 aromatic rings. The molecule has 2 rings (SSSR count). The molecule has 0 saturated carbocycles. The zero-order valence-electron chi connectivity index (χ0n) is 9.98. The van der Waals surface area contributed by atoms with E-state index in [1.54, 1.807) is 6.20 Å². The average molecular weight is 334 g/mol. The molecule has 102 valence electrons. The fourth-order valence-corrected chi connectivity index (χ4v) is 4.97. The summed E-state index contributed by atoms with van der Waals surface area (Å²) in [5.41, 5.74) is 6.77. The Labute approximate surface area is 129 Å².